The summed E-state index contributed by atoms with van der Waals surface area (Å²) in [4.78, 5) is 9.03. The van der Waals surface area contributed by atoms with Crippen LogP contribution in [0.1, 0.15) is 49.8 Å². The van der Waals surface area contributed by atoms with Crippen molar-refractivity contribution in [2.75, 3.05) is 0 Å². The van der Waals surface area contributed by atoms with Crippen LogP contribution in [-0.4, -0.2) is 9.97 Å². The molecule has 0 bridgehead atoms. The van der Waals surface area contributed by atoms with E-state index >= 15 is 0 Å². The molecule has 1 aromatic carbocycles. The van der Waals surface area contributed by atoms with Crippen molar-refractivity contribution in [2.24, 2.45) is 0 Å². The molecule has 104 valence electrons. The second-order valence-electron chi connectivity index (χ2n) is 5.59. The number of hydrogen-bond donors (Lipinski definition) is 0. The van der Waals surface area contributed by atoms with E-state index in [1.807, 2.05) is 0 Å². The van der Waals surface area contributed by atoms with Gasteiger partial charge in [-0.05, 0) is 46.2 Å². The average molecular weight is 352 g/mol. The van der Waals surface area contributed by atoms with E-state index in [1.54, 1.807) is 0 Å². The molecule has 20 heavy (non-hydrogen) atoms. The third-order valence-electron chi connectivity index (χ3n) is 3.60. The smallest absolute Gasteiger partial charge is 0.161 e. The zero-order valence-electron chi connectivity index (χ0n) is 11.5. The fourth-order valence-electron chi connectivity index (χ4n) is 2.27. The minimum absolute atomic E-state index is 0.300. The van der Waals surface area contributed by atoms with Crippen LogP contribution in [-0.2, 0) is 0 Å². The second kappa shape index (κ2) is 5.45. The van der Waals surface area contributed by atoms with Gasteiger partial charge in [0.05, 0.1) is 10.2 Å². The maximum atomic E-state index is 6.21. The van der Waals surface area contributed by atoms with Gasteiger partial charge in [0.1, 0.15) is 5.15 Å². The zero-order valence-corrected chi connectivity index (χ0v) is 13.9. The van der Waals surface area contributed by atoms with Crippen molar-refractivity contribution in [1.82, 2.24) is 9.97 Å². The summed E-state index contributed by atoms with van der Waals surface area (Å²) >= 11 is 9.68. The Hall–Kier alpha value is -0.930. The molecule has 0 spiro atoms. The number of hydrogen-bond acceptors (Lipinski definition) is 2. The molecule has 1 aliphatic carbocycles. The molecule has 1 heterocycles. The highest BCUT2D eigenvalue weighted by atomic mass is 79.9. The third kappa shape index (κ3) is 2.75. The van der Waals surface area contributed by atoms with E-state index in [-0.39, 0.29) is 0 Å². The molecule has 1 fully saturated rings. The van der Waals surface area contributed by atoms with Crippen LogP contribution >= 0.6 is 27.5 Å². The Bertz CT molecular complexity index is 634. The van der Waals surface area contributed by atoms with Crippen molar-refractivity contribution in [3.63, 3.8) is 0 Å². The van der Waals surface area contributed by atoms with Crippen molar-refractivity contribution in [1.29, 1.82) is 0 Å². The highest BCUT2D eigenvalue weighted by Crippen LogP contribution is 2.40. The first-order chi connectivity index (χ1) is 9.56. The molecule has 0 radical (unpaired) electrons. The molecular formula is C16H16BrClN2. The van der Waals surface area contributed by atoms with Gasteiger partial charge in [0.15, 0.2) is 5.82 Å². The van der Waals surface area contributed by atoms with Crippen LogP contribution in [0.2, 0.25) is 5.15 Å². The summed E-state index contributed by atoms with van der Waals surface area (Å²) in [5, 5.41) is 0.477. The second-order valence-corrected chi connectivity index (χ2v) is 6.74. The summed E-state index contributed by atoms with van der Waals surface area (Å²) in [6, 6.07) is 8.55. The molecule has 0 atom stereocenters. The Labute approximate surface area is 132 Å². The molecule has 2 aromatic rings. The molecule has 4 heteroatoms. The Balaban J connectivity index is 2.00. The van der Waals surface area contributed by atoms with Crippen LogP contribution in [0.15, 0.2) is 28.7 Å². The van der Waals surface area contributed by atoms with Crippen LogP contribution in [0.5, 0.6) is 0 Å². The number of aromatic nitrogens is 2. The molecule has 1 aromatic heterocycles. The summed E-state index contributed by atoms with van der Waals surface area (Å²) in [5.74, 6) is 1.77. The quantitative estimate of drug-likeness (QED) is 0.676. The highest BCUT2D eigenvalue weighted by Gasteiger charge is 2.23. The van der Waals surface area contributed by atoms with Gasteiger partial charge >= 0.3 is 0 Å². The van der Waals surface area contributed by atoms with Gasteiger partial charge in [-0.3, -0.25) is 0 Å². The third-order valence-corrected chi connectivity index (χ3v) is 4.88. The van der Waals surface area contributed by atoms with Crippen molar-refractivity contribution >= 4 is 27.5 Å². The Morgan fingerprint density at radius 3 is 2.35 bits per heavy atom. The molecule has 0 aliphatic heterocycles. The molecule has 2 nitrogen and oxygen atoms in total. The topological polar surface area (TPSA) is 25.8 Å². The Morgan fingerprint density at radius 2 is 1.80 bits per heavy atom. The number of rotatable bonds is 3. The van der Waals surface area contributed by atoms with E-state index in [2.05, 4.69) is 64.0 Å². The molecule has 1 aliphatic rings. The Morgan fingerprint density at radius 1 is 1.15 bits per heavy atom. The van der Waals surface area contributed by atoms with Crippen LogP contribution in [0.25, 0.3) is 11.4 Å². The summed E-state index contributed by atoms with van der Waals surface area (Å²) in [5.41, 5.74) is 3.39. The van der Waals surface area contributed by atoms with Gasteiger partial charge in [0, 0.05) is 5.56 Å². The van der Waals surface area contributed by atoms with Crippen LogP contribution in [0, 0.1) is 0 Å². The first-order valence-electron chi connectivity index (χ1n) is 6.89. The molecule has 0 amide bonds. The minimum atomic E-state index is 0.300. The fourth-order valence-corrected chi connectivity index (χ4v) is 3.08. The number of nitrogens with zero attached hydrogens (tertiary/aromatic N) is 2. The van der Waals surface area contributed by atoms with Crippen LogP contribution in [0.3, 0.4) is 0 Å². The van der Waals surface area contributed by atoms with E-state index in [0.717, 1.165) is 21.6 Å². The number of halogens is 2. The van der Waals surface area contributed by atoms with Crippen molar-refractivity contribution in [3.05, 3.63) is 45.1 Å². The number of benzene rings is 1. The summed E-state index contributed by atoms with van der Waals surface area (Å²) < 4.78 is 0.799. The van der Waals surface area contributed by atoms with Gasteiger partial charge < -0.3 is 0 Å². The summed E-state index contributed by atoms with van der Waals surface area (Å²) in [6.07, 6.45) is 2.63. The van der Waals surface area contributed by atoms with Gasteiger partial charge in [-0.25, -0.2) is 9.97 Å². The molecule has 0 saturated heterocycles. The molecule has 0 N–H and O–H groups in total. The lowest BCUT2D eigenvalue weighted by atomic mass is 10.1. The average Bonchev–Trinajstić information content (AvgIpc) is 3.26. The maximum absolute atomic E-state index is 6.21. The summed E-state index contributed by atoms with van der Waals surface area (Å²) in [6.45, 7) is 4.20. The molecule has 3 rings (SSSR count). The van der Waals surface area contributed by atoms with E-state index in [0.29, 0.717) is 16.9 Å². The van der Waals surface area contributed by atoms with E-state index in [9.17, 15) is 0 Å². The van der Waals surface area contributed by atoms with Gasteiger partial charge in [-0.2, -0.15) is 0 Å². The minimum Gasteiger partial charge on any atom is -0.232 e. The standard InChI is InChI=1S/C16H16BrClN2/c1-9(2)14-13(17)15(18)20-16(19-14)12-7-5-11(6-8-12)10-3-4-10/h5-10H,3-4H2,1-2H3. The van der Waals surface area contributed by atoms with Gasteiger partial charge in [0.25, 0.3) is 0 Å². The summed E-state index contributed by atoms with van der Waals surface area (Å²) in [7, 11) is 0. The van der Waals surface area contributed by atoms with E-state index in [1.165, 1.54) is 18.4 Å². The van der Waals surface area contributed by atoms with E-state index in [4.69, 9.17) is 11.6 Å². The van der Waals surface area contributed by atoms with Gasteiger partial charge in [-0.15, -0.1) is 0 Å². The highest BCUT2D eigenvalue weighted by molar-refractivity contribution is 9.10. The van der Waals surface area contributed by atoms with Gasteiger partial charge in [-0.1, -0.05) is 49.7 Å². The van der Waals surface area contributed by atoms with Crippen molar-refractivity contribution in [2.45, 2.75) is 38.5 Å². The molecule has 0 unspecified atom stereocenters. The first kappa shape index (κ1) is 14.0. The van der Waals surface area contributed by atoms with Crippen LogP contribution < -0.4 is 0 Å². The van der Waals surface area contributed by atoms with Crippen molar-refractivity contribution in [3.8, 4) is 11.4 Å². The lowest BCUT2D eigenvalue weighted by Gasteiger charge is -2.11. The predicted octanol–water partition coefficient (Wildman–Crippen LogP) is 5.56. The zero-order chi connectivity index (χ0) is 14.3. The largest absolute Gasteiger partial charge is 0.232 e. The SMILES string of the molecule is CC(C)c1nc(-c2ccc(C3CC3)cc2)nc(Cl)c1Br. The molecular weight excluding hydrogens is 336 g/mol. The Kier molecular flexibility index (Phi) is 3.83. The van der Waals surface area contributed by atoms with Crippen LogP contribution in [0.4, 0.5) is 0 Å². The normalized spacial score (nSPS) is 14.8. The monoisotopic (exact) mass is 350 g/mol. The first-order valence-corrected chi connectivity index (χ1v) is 8.06. The maximum Gasteiger partial charge on any atom is 0.161 e. The predicted molar refractivity (Wildman–Crippen MR) is 86.2 cm³/mol. The van der Waals surface area contributed by atoms with E-state index < -0.39 is 0 Å². The lowest BCUT2D eigenvalue weighted by molar-refractivity contribution is 0.809. The molecule has 1 saturated carbocycles. The lowest BCUT2D eigenvalue weighted by Crippen LogP contribution is -2.00. The fraction of sp³-hybridized carbons (Fsp3) is 0.375. The van der Waals surface area contributed by atoms with Crippen molar-refractivity contribution < 1.29 is 0 Å². The van der Waals surface area contributed by atoms with Gasteiger partial charge in [0.2, 0.25) is 0 Å².